The first-order valence-corrected chi connectivity index (χ1v) is 8.52. The highest BCUT2D eigenvalue weighted by Crippen LogP contribution is 2.23. The minimum absolute atomic E-state index is 0.146. The lowest BCUT2D eigenvalue weighted by molar-refractivity contribution is 0.120. The van der Waals surface area contributed by atoms with E-state index in [0.717, 1.165) is 38.5 Å². The lowest BCUT2D eigenvalue weighted by Gasteiger charge is -2.33. The minimum Gasteiger partial charge on any atom is -0.296 e. The number of piperazine rings is 1. The van der Waals surface area contributed by atoms with Crippen LogP contribution < -0.4 is 5.69 Å². The first-order valence-electron chi connectivity index (χ1n) is 6.91. The van der Waals surface area contributed by atoms with Crippen molar-refractivity contribution in [3.8, 4) is 0 Å². The Hall–Kier alpha value is -0.960. The van der Waals surface area contributed by atoms with Gasteiger partial charge in [0.05, 0.1) is 10.3 Å². The van der Waals surface area contributed by atoms with Crippen molar-refractivity contribution in [3.63, 3.8) is 0 Å². The van der Waals surface area contributed by atoms with Gasteiger partial charge in [0, 0.05) is 44.6 Å². The third-order valence-electron chi connectivity index (χ3n) is 3.66. The smallest absolute Gasteiger partial charge is 0.296 e. The predicted octanol–water partition coefficient (Wildman–Crippen LogP) is 1.25. The second kappa shape index (κ2) is 6.43. The predicted molar refractivity (Wildman–Crippen MR) is 86.4 cm³/mol. The molecule has 1 fully saturated rings. The van der Waals surface area contributed by atoms with E-state index >= 15 is 0 Å². The summed E-state index contributed by atoms with van der Waals surface area (Å²) in [7, 11) is 1.67. The Morgan fingerprint density at radius 1 is 1.24 bits per heavy atom. The van der Waals surface area contributed by atoms with Crippen LogP contribution >= 0.6 is 27.3 Å². The van der Waals surface area contributed by atoms with Gasteiger partial charge in [0.15, 0.2) is 0 Å². The van der Waals surface area contributed by atoms with Crippen LogP contribution in [0.25, 0.3) is 0 Å². The average Bonchev–Trinajstić information content (AvgIpc) is 2.99. The molecule has 0 amide bonds. The van der Waals surface area contributed by atoms with Crippen molar-refractivity contribution in [1.82, 2.24) is 24.6 Å². The van der Waals surface area contributed by atoms with Crippen LogP contribution in [0.1, 0.15) is 10.7 Å². The molecule has 1 aliphatic heterocycles. The lowest BCUT2D eigenvalue weighted by atomic mass is 10.3. The molecule has 21 heavy (non-hydrogen) atoms. The SMILES string of the molecule is Cn1nc(CN2CCN(Cc3ccc(Br)s3)CC2)[nH]c1=O. The van der Waals surface area contributed by atoms with Crippen LogP contribution in [-0.4, -0.2) is 50.7 Å². The van der Waals surface area contributed by atoms with Crippen molar-refractivity contribution in [2.75, 3.05) is 26.2 Å². The van der Waals surface area contributed by atoms with Crippen LogP contribution in [0.15, 0.2) is 20.7 Å². The lowest BCUT2D eigenvalue weighted by Crippen LogP contribution is -2.45. The van der Waals surface area contributed by atoms with Crippen LogP contribution in [0.3, 0.4) is 0 Å². The molecule has 0 unspecified atom stereocenters. The Morgan fingerprint density at radius 3 is 2.43 bits per heavy atom. The summed E-state index contributed by atoms with van der Waals surface area (Å²) in [5.41, 5.74) is -0.146. The quantitative estimate of drug-likeness (QED) is 0.878. The second-order valence-electron chi connectivity index (χ2n) is 5.26. The van der Waals surface area contributed by atoms with Gasteiger partial charge in [-0.2, -0.15) is 5.10 Å². The van der Waals surface area contributed by atoms with E-state index in [-0.39, 0.29) is 5.69 Å². The van der Waals surface area contributed by atoms with Crippen molar-refractivity contribution >= 4 is 27.3 Å². The molecule has 0 aliphatic carbocycles. The van der Waals surface area contributed by atoms with Crippen molar-refractivity contribution in [2.24, 2.45) is 7.05 Å². The van der Waals surface area contributed by atoms with Gasteiger partial charge in [-0.3, -0.25) is 14.8 Å². The molecule has 0 aromatic carbocycles. The van der Waals surface area contributed by atoms with Crippen molar-refractivity contribution in [1.29, 1.82) is 0 Å². The number of hydrogen-bond donors (Lipinski definition) is 1. The number of hydrogen-bond acceptors (Lipinski definition) is 5. The Kier molecular flexibility index (Phi) is 4.58. The van der Waals surface area contributed by atoms with Gasteiger partial charge in [-0.05, 0) is 28.1 Å². The van der Waals surface area contributed by atoms with Crippen molar-refractivity contribution in [2.45, 2.75) is 13.1 Å². The van der Waals surface area contributed by atoms with Gasteiger partial charge in [0.2, 0.25) is 0 Å². The molecule has 3 rings (SSSR count). The Labute approximate surface area is 135 Å². The maximum Gasteiger partial charge on any atom is 0.343 e. The first kappa shape index (κ1) is 15.0. The van der Waals surface area contributed by atoms with Crippen molar-refractivity contribution in [3.05, 3.63) is 37.1 Å². The number of nitrogens with one attached hydrogen (secondary N) is 1. The summed E-state index contributed by atoms with van der Waals surface area (Å²) in [5.74, 6) is 0.748. The highest BCUT2D eigenvalue weighted by Gasteiger charge is 2.18. The van der Waals surface area contributed by atoms with Gasteiger partial charge in [-0.25, -0.2) is 9.48 Å². The maximum absolute atomic E-state index is 11.4. The zero-order chi connectivity index (χ0) is 14.8. The molecule has 3 heterocycles. The standard InChI is InChI=1S/C13H18BrN5OS/c1-17-13(20)15-12(16-17)9-19-6-4-18(5-7-19)8-10-2-3-11(14)21-10/h2-3H,4-9H2,1H3,(H,15,16,20). The third-order valence-corrected chi connectivity index (χ3v) is 5.27. The number of aromatic amines is 1. The van der Waals surface area contributed by atoms with Crippen LogP contribution in [0.5, 0.6) is 0 Å². The topological polar surface area (TPSA) is 57.2 Å². The number of halogens is 1. The molecule has 8 heteroatoms. The number of nitrogens with zero attached hydrogens (tertiary/aromatic N) is 4. The molecule has 0 radical (unpaired) electrons. The number of rotatable bonds is 4. The van der Waals surface area contributed by atoms with Crippen LogP contribution in [0.4, 0.5) is 0 Å². The Balaban J connectivity index is 1.49. The zero-order valence-electron chi connectivity index (χ0n) is 11.9. The summed E-state index contributed by atoms with van der Waals surface area (Å²) in [5, 5.41) is 4.18. The summed E-state index contributed by atoms with van der Waals surface area (Å²) < 4.78 is 2.54. The summed E-state index contributed by atoms with van der Waals surface area (Å²) >= 11 is 5.30. The van der Waals surface area contributed by atoms with Gasteiger partial charge < -0.3 is 0 Å². The normalized spacial score (nSPS) is 17.4. The monoisotopic (exact) mass is 371 g/mol. The highest BCUT2D eigenvalue weighted by molar-refractivity contribution is 9.11. The van der Waals surface area contributed by atoms with E-state index in [0.29, 0.717) is 6.54 Å². The zero-order valence-corrected chi connectivity index (χ0v) is 14.3. The molecule has 1 N–H and O–H groups in total. The van der Waals surface area contributed by atoms with Gasteiger partial charge in [0.25, 0.3) is 0 Å². The molecular formula is C13H18BrN5OS. The average molecular weight is 372 g/mol. The fourth-order valence-corrected chi connectivity index (χ4v) is 4.03. The van der Waals surface area contributed by atoms with E-state index in [1.807, 2.05) is 0 Å². The molecule has 6 nitrogen and oxygen atoms in total. The van der Waals surface area contributed by atoms with E-state index in [2.05, 4.69) is 47.9 Å². The van der Waals surface area contributed by atoms with E-state index < -0.39 is 0 Å². The third kappa shape index (κ3) is 3.82. The van der Waals surface area contributed by atoms with E-state index in [4.69, 9.17) is 0 Å². The fraction of sp³-hybridized carbons (Fsp3) is 0.538. The fourth-order valence-electron chi connectivity index (χ4n) is 2.50. The van der Waals surface area contributed by atoms with E-state index in [1.54, 1.807) is 18.4 Å². The van der Waals surface area contributed by atoms with Gasteiger partial charge in [-0.15, -0.1) is 11.3 Å². The molecule has 0 atom stereocenters. The molecule has 0 saturated carbocycles. The molecule has 114 valence electrons. The molecule has 0 spiro atoms. The molecule has 1 saturated heterocycles. The number of thiophene rings is 1. The number of H-pyrrole nitrogens is 1. The summed E-state index contributed by atoms with van der Waals surface area (Å²) in [6.45, 7) is 5.84. The van der Waals surface area contributed by atoms with Crippen molar-refractivity contribution < 1.29 is 0 Å². The van der Waals surface area contributed by atoms with Gasteiger partial charge in [-0.1, -0.05) is 0 Å². The number of aromatic nitrogens is 3. The van der Waals surface area contributed by atoms with Gasteiger partial charge in [0.1, 0.15) is 5.82 Å². The number of aryl methyl sites for hydroxylation is 1. The summed E-state index contributed by atoms with van der Waals surface area (Å²) in [6, 6.07) is 4.29. The first-order chi connectivity index (χ1) is 10.1. The van der Waals surface area contributed by atoms with E-state index in [9.17, 15) is 4.79 Å². The highest BCUT2D eigenvalue weighted by atomic mass is 79.9. The summed E-state index contributed by atoms with van der Waals surface area (Å²) in [6.07, 6.45) is 0. The second-order valence-corrected chi connectivity index (χ2v) is 7.81. The van der Waals surface area contributed by atoms with E-state index in [1.165, 1.54) is 13.3 Å². The van der Waals surface area contributed by atoms with Gasteiger partial charge >= 0.3 is 5.69 Å². The van der Waals surface area contributed by atoms with Crippen LogP contribution in [0, 0.1) is 0 Å². The Morgan fingerprint density at radius 2 is 1.90 bits per heavy atom. The largest absolute Gasteiger partial charge is 0.343 e. The molecule has 1 aliphatic rings. The molecular weight excluding hydrogens is 354 g/mol. The molecule has 2 aromatic rings. The summed E-state index contributed by atoms with van der Waals surface area (Å²) in [4.78, 5) is 20.3. The molecule has 0 bridgehead atoms. The maximum atomic E-state index is 11.4. The Bertz CT molecular complexity index is 656. The van der Waals surface area contributed by atoms with Crippen LogP contribution in [0.2, 0.25) is 0 Å². The molecule has 2 aromatic heterocycles. The van der Waals surface area contributed by atoms with Crippen LogP contribution in [-0.2, 0) is 20.1 Å². The minimum atomic E-state index is -0.146.